The first-order valence-corrected chi connectivity index (χ1v) is 6.97. The van der Waals surface area contributed by atoms with Gasteiger partial charge in [0.05, 0.1) is 0 Å². The Kier molecular flexibility index (Phi) is 4.78. The van der Waals surface area contributed by atoms with Gasteiger partial charge in [0.1, 0.15) is 5.75 Å². The number of rotatable bonds is 4. The number of allylic oxidation sites excluding steroid dienone is 5. The van der Waals surface area contributed by atoms with Crippen LogP contribution in [-0.2, 0) is 0 Å². The van der Waals surface area contributed by atoms with E-state index < -0.39 is 0 Å². The van der Waals surface area contributed by atoms with Gasteiger partial charge in [0, 0.05) is 0 Å². The monoisotopic (exact) mass is 276 g/mol. The standard InChI is InChI=1S/C20H20O/c1-4-16(6-5-15(2)3)17-7-9-18(10-8-17)19-11-13-20(21)14-12-19/h4-14,21H,1H2,2-3H3/b16-6+. The molecule has 0 amide bonds. The fraction of sp³-hybridized carbons (Fsp3) is 0.100. The summed E-state index contributed by atoms with van der Waals surface area (Å²) in [5.41, 5.74) is 5.73. The minimum absolute atomic E-state index is 0.286. The van der Waals surface area contributed by atoms with E-state index in [4.69, 9.17) is 0 Å². The van der Waals surface area contributed by atoms with E-state index in [-0.39, 0.29) is 5.75 Å². The quantitative estimate of drug-likeness (QED) is 0.721. The Morgan fingerprint density at radius 3 is 1.86 bits per heavy atom. The average Bonchev–Trinajstić information content (AvgIpc) is 2.49. The highest BCUT2D eigenvalue weighted by molar-refractivity contribution is 5.76. The van der Waals surface area contributed by atoms with Crippen LogP contribution in [0.3, 0.4) is 0 Å². The summed E-state index contributed by atoms with van der Waals surface area (Å²) in [6.07, 6.45) is 6.04. The summed E-state index contributed by atoms with van der Waals surface area (Å²) in [6.45, 7) is 8.03. The highest BCUT2D eigenvalue weighted by atomic mass is 16.3. The van der Waals surface area contributed by atoms with Crippen molar-refractivity contribution in [3.63, 3.8) is 0 Å². The van der Waals surface area contributed by atoms with Crippen LogP contribution in [-0.4, -0.2) is 5.11 Å². The summed E-state index contributed by atoms with van der Waals surface area (Å²) in [5.74, 6) is 0.286. The van der Waals surface area contributed by atoms with Gasteiger partial charge in [-0.2, -0.15) is 0 Å². The summed E-state index contributed by atoms with van der Waals surface area (Å²) in [5, 5.41) is 9.33. The van der Waals surface area contributed by atoms with Gasteiger partial charge in [-0.25, -0.2) is 0 Å². The summed E-state index contributed by atoms with van der Waals surface area (Å²) in [4.78, 5) is 0. The summed E-state index contributed by atoms with van der Waals surface area (Å²) in [6, 6.07) is 15.6. The molecule has 0 aliphatic heterocycles. The molecule has 0 aromatic heterocycles. The van der Waals surface area contributed by atoms with Crippen LogP contribution in [0.25, 0.3) is 16.7 Å². The van der Waals surface area contributed by atoms with Gasteiger partial charge in [-0.05, 0) is 48.2 Å². The van der Waals surface area contributed by atoms with Crippen molar-refractivity contribution in [3.05, 3.63) is 84.5 Å². The number of hydrogen-bond acceptors (Lipinski definition) is 1. The molecule has 2 aromatic rings. The Morgan fingerprint density at radius 2 is 1.38 bits per heavy atom. The van der Waals surface area contributed by atoms with Crippen LogP contribution in [0.4, 0.5) is 0 Å². The van der Waals surface area contributed by atoms with E-state index >= 15 is 0 Å². The Hall–Kier alpha value is -2.54. The molecule has 1 N–H and O–H groups in total. The van der Waals surface area contributed by atoms with Crippen LogP contribution in [0.5, 0.6) is 5.75 Å². The van der Waals surface area contributed by atoms with Gasteiger partial charge < -0.3 is 5.11 Å². The molecule has 0 radical (unpaired) electrons. The van der Waals surface area contributed by atoms with Crippen molar-refractivity contribution < 1.29 is 5.11 Å². The molecule has 0 atom stereocenters. The van der Waals surface area contributed by atoms with Crippen molar-refractivity contribution in [2.45, 2.75) is 13.8 Å². The second kappa shape index (κ2) is 6.76. The Labute approximate surface area is 126 Å². The van der Waals surface area contributed by atoms with Gasteiger partial charge in [-0.15, -0.1) is 0 Å². The molecule has 0 saturated carbocycles. The Balaban J connectivity index is 2.29. The smallest absolute Gasteiger partial charge is 0.115 e. The zero-order valence-electron chi connectivity index (χ0n) is 12.5. The van der Waals surface area contributed by atoms with E-state index in [2.05, 4.69) is 56.8 Å². The zero-order valence-corrected chi connectivity index (χ0v) is 12.5. The van der Waals surface area contributed by atoms with Crippen molar-refractivity contribution in [2.75, 3.05) is 0 Å². The van der Waals surface area contributed by atoms with Crippen molar-refractivity contribution >= 4 is 5.57 Å². The lowest BCUT2D eigenvalue weighted by molar-refractivity contribution is 0.475. The van der Waals surface area contributed by atoms with Gasteiger partial charge in [0.15, 0.2) is 0 Å². The topological polar surface area (TPSA) is 20.2 Å². The molecular formula is C20H20O. The van der Waals surface area contributed by atoms with Gasteiger partial charge in [-0.3, -0.25) is 0 Å². The molecule has 0 unspecified atom stereocenters. The molecule has 2 rings (SSSR count). The zero-order chi connectivity index (χ0) is 15.2. The van der Waals surface area contributed by atoms with Gasteiger partial charge in [-0.1, -0.05) is 66.8 Å². The first-order valence-electron chi connectivity index (χ1n) is 6.97. The summed E-state index contributed by atoms with van der Waals surface area (Å²) >= 11 is 0. The molecule has 0 aliphatic rings. The fourth-order valence-corrected chi connectivity index (χ4v) is 2.05. The number of aromatic hydroxyl groups is 1. The van der Waals surface area contributed by atoms with E-state index in [1.807, 2.05) is 18.2 Å². The van der Waals surface area contributed by atoms with E-state index in [9.17, 15) is 5.11 Å². The molecule has 0 spiro atoms. The molecular weight excluding hydrogens is 256 g/mol. The average molecular weight is 276 g/mol. The predicted molar refractivity (Wildman–Crippen MR) is 91.1 cm³/mol. The van der Waals surface area contributed by atoms with Gasteiger partial charge in [0.25, 0.3) is 0 Å². The highest BCUT2D eigenvalue weighted by Crippen LogP contribution is 2.24. The largest absolute Gasteiger partial charge is 0.508 e. The summed E-state index contributed by atoms with van der Waals surface area (Å²) in [7, 11) is 0. The van der Waals surface area contributed by atoms with Crippen LogP contribution < -0.4 is 0 Å². The molecule has 0 fully saturated rings. The number of benzene rings is 2. The van der Waals surface area contributed by atoms with Crippen LogP contribution in [0, 0.1) is 0 Å². The Bertz CT molecular complexity index is 667. The van der Waals surface area contributed by atoms with Crippen molar-refractivity contribution in [1.29, 1.82) is 0 Å². The van der Waals surface area contributed by atoms with E-state index in [0.29, 0.717) is 0 Å². The van der Waals surface area contributed by atoms with Gasteiger partial charge in [0.2, 0.25) is 0 Å². The van der Waals surface area contributed by atoms with E-state index in [0.717, 1.165) is 22.3 Å². The normalized spacial score (nSPS) is 11.0. The first kappa shape index (κ1) is 14.9. The molecule has 1 heteroatoms. The summed E-state index contributed by atoms with van der Waals surface area (Å²) < 4.78 is 0. The molecule has 0 heterocycles. The third kappa shape index (κ3) is 3.96. The highest BCUT2D eigenvalue weighted by Gasteiger charge is 2.00. The van der Waals surface area contributed by atoms with Crippen LogP contribution >= 0.6 is 0 Å². The third-order valence-electron chi connectivity index (χ3n) is 3.24. The third-order valence-corrected chi connectivity index (χ3v) is 3.24. The lowest BCUT2D eigenvalue weighted by Gasteiger charge is -2.05. The van der Waals surface area contributed by atoms with Crippen molar-refractivity contribution in [3.8, 4) is 16.9 Å². The molecule has 106 valence electrons. The SMILES string of the molecule is C=C/C(=C\C=C(C)C)c1ccc(-c2ccc(O)cc2)cc1. The predicted octanol–water partition coefficient (Wildman–Crippen LogP) is 5.59. The number of phenols is 1. The van der Waals surface area contributed by atoms with Crippen LogP contribution in [0.2, 0.25) is 0 Å². The molecule has 0 saturated heterocycles. The lowest BCUT2D eigenvalue weighted by atomic mass is 10.00. The molecule has 21 heavy (non-hydrogen) atoms. The maximum absolute atomic E-state index is 9.33. The first-order chi connectivity index (χ1) is 10.1. The molecule has 2 aromatic carbocycles. The minimum atomic E-state index is 0.286. The molecule has 1 nitrogen and oxygen atoms in total. The second-order valence-electron chi connectivity index (χ2n) is 5.19. The number of phenolic OH excluding ortho intramolecular Hbond substituents is 1. The molecule has 0 aliphatic carbocycles. The number of hydrogen-bond donors (Lipinski definition) is 1. The van der Waals surface area contributed by atoms with Crippen LogP contribution in [0.1, 0.15) is 19.4 Å². The second-order valence-corrected chi connectivity index (χ2v) is 5.19. The maximum Gasteiger partial charge on any atom is 0.115 e. The van der Waals surface area contributed by atoms with Crippen LogP contribution in [0.15, 0.2) is 78.9 Å². The van der Waals surface area contributed by atoms with E-state index in [1.54, 1.807) is 12.1 Å². The van der Waals surface area contributed by atoms with Gasteiger partial charge >= 0.3 is 0 Å². The lowest BCUT2D eigenvalue weighted by Crippen LogP contribution is -1.82. The van der Waals surface area contributed by atoms with E-state index in [1.165, 1.54) is 5.57 Å². The Morgan fingerprint density at radius 1 is 0.857 bits per heavy atom. The molecule has 0 bridgehead atoms. The van der Waals surface area contributed by atoms with Crippen molar-refractivity contribution in [2.24, 2.45) is 0 Å². The van der Waals surface area contributed by atoms with Crippen molar-refractivity contribution in [1.82, 2.24) is 0 Å². The maximum atomic E-state index is 9.33. The fourth-order valence-electron chi connectivity index (χ4n) is 2.05. The minimum Gasteiger partial charge on any atom is -0.508 e.